The molecule has 0 spiro atoms. The molecule has 1 atom stereocenters. The minimum absolute atomic E-state index is 0.303. The first kappa shape index (κ1) is 8.45. The van der Waals surface area contributed by atoms with Crippen molar-refractivity contribution in [3.05, 3.63) is 34.9 Å². The van der Waals surface area contributed by atoms with Crippen LogP contribution < -0.4 is 5.32 Å². The Labute approximate surface area is 84.3 Å². The van der Waals surface area contributed by atoms with Gasteiger partial charge in [-0.3, -0.25) is 0 Å². The van der Waals surface area contributed by atoms with Crippen LogP contribution in [-0.4, -0.2) is 19.7 Å². The molecule has 0 bridgehead atoms. The van der Waals surface area contributed by atoms with Crippen LogP contribution in [0.4, 0.5) is 0 Å². The minimum atomic E-state index is 0.303. The summed E-state index contributed by atoms with van der Waals surface area (Å²) in [6.45, 7) is 2.93. The van der Waals surface area contributed by atoms with E-state index in [2.05, 4.69) is 23.5 Å². The van der Waals surface area contributed by atoms with Crippen molar-refractivity contribution in [3.8, 4) is 0 Å². The lowest BCUT2D eigenvalue weighted by molar-refractivity contribution is 0.0441. The third-order valence-corrected chi connectivity index (χ3v) is 3.20. The number of nitrogens with one attached hydrogen (secondary N) is 1. The molecule has 0 saturated heterocycles. The van der Waals surface area contributed by atoms with Crippen molar-refractivity contribution in [2.45, 2.75) is 18.9 Å². The van der Waals surface area contributed by atoms with Crippen LogP contribution in [0.3, 0.4) is 0 Å². The van der Waals surface area contributed by atoms with Crippen molar-refractivity contribution in [3.63, 3.8) is 0 Å². The van der Waals surface area contributed by atoms with Gasteiger partial charge in [0.25, 0.3) is 0 Å². The number of rotatable bonds is 0. The van der Waals surface area contributed by atoms with E-state index in [1.807, 2.05) is 0 Å². The summed E-state index contributed by atoms with van der Waals surface area (Å²) >= 11 is 0. The van der Waals surface area contributed by atoms with Crippen molar-refractivity contribution in [1.82, 2.24) is 5.32 Å². The van der Waals surface area contributed by atoms with E-state index in [9.17, 15) is 0 Å². The van der Waals surface area contributed by atoms with E-state index in [4.69, 9.17) is 4.74 Å². The second kappa shape index (κ2) is 3.37. The van der Waals surface area contributed by atoms with E-state index in [1.165, 1.54) is 16.7 Å². The van der Waals surface area contributed by atoms with Crippen LogP contribution >= 0.6 is 0 Å². The normalized spacial score (nSPS) is 25.3. The lowest BCUT2D eigenvalue weighted by Gasteiger charge is -2.26. The van der Waals surface area contributed by atoms with E-state index >= 15 is 0 Å². The summed E-state index contributed by atoms with van der Waals surface area (Å²) < 4.78 is 5.80. The van der Waals surface area contributed by atoms with E-state index in [-0.39, 0.29) is 0 Å². The predicted molar refractivity (Wildman–Crippen MR) is 55.4 cm³/mol. The van der Waals surface area contributed by atoms with Crippen LogP contribution in [0.2, 0.25) is 0 Å². The Bertz CT molecular complexity index is 348. The number of hydrogen-bond donors (Lipinski definition) is 1. The Hall–Kier alpha value is -0.860. The third kappa shape index (κ3) is 1.26. The fraction of sp³-hybridized carbons (Fsp3) is 0.500. The summed E-state index contributed by atoms with van der Waals surface area (Å²) in [7, 11) is 0. The first-order valence-corrected chi connectivity index (χ1v) is 5.38. The molecular weight excluding hydrogens is 174 g/mol. The third-order valence-electron chi connectivity index (χ3n) is 3.20. The molecule has 0 radical (unpaired) electrons. The van der Waals surface area contributed by atoms with Crippen molar-refractivity contribution >= 4 is 0 Å². The van der Waals surface area contributed by atoms with Gasteiger partial charge in [0.05, 0.1) is 12.7 Å². The van der Waals surface area contributed by atoms with E-state index in [1.54, 1.807) is 0 Å². The maximum absolute atomic E-state index is 5.80. The molecule has 1 aromatic rings. The molecule has 74 valence electrons. The molecule has 2 heterocycles. The van der Waals surface area contributed by atoms with Crippen LogP contribution in [0, 0.1) is 0 Å². The largest absolute Gasteiger partial charge is 0.372 e. The molecule has 1 N–H and O–H groups in total. The molecule has 2 aliphatic heterocycles. The smallest absolute Gasteiger partial charge is 0.0954 e. The van der Waals surface area contributed by atoms with Crippen LogP contribution in [0.1, 0.15) is 22.8 Å². The first-order valence-electron chi connectivity index (χ1n) is 5.38. The molecular formula is C12H15NO. The number of benzene rings is 1. The van der Waals surface area contributed by atoms with Crippen molar-refractivity contribution < 1.29 is 4.74 Å². The average Bonchev–Trinajstić information content (AvgIpc) is 2.44. The molecule has 14 heavy (non-hydrogen) atoms. The molecule has 0 aromatic heterocycles. The number of hydrogen-bond acceptors (Lipinski definition) is 2. The second-order valence-corrected chi connectivity index (χ2v) is 4.05. The van der Waals surface area contributed by atoms with E-state index in [0.29, 0.717) is 6.10 Å². The van der Waals surface area contributed by atoms with Gasteiger partial charge in [-0.15, -0.1) is 0 Å². The molecule has 0 saturated carbocycles. The maximum atomic E-state index is 5.80. The highest BCUT2D eigenvalue weighted by molar-refractivity contribution is 5.39. The summed E-state index contributed by atoms with van der Waals surface area (Å²) in [5.74, 6) is 0. The van der Waals surface area contributed by atoms with Gasteiger partial charge in [0.15, 0.2) is 0 Å². The highest BCUT2D eigenvalue weighted by Gasteiger charge is 2.24. The van der Waals surface area contributed by atoms with Gasteiger partial charge in [0, 0.05) is 6.54 Å². The molecule has 0 aliphatic carbocycles. The molecule has 2 heteroatoms. The van der Waals surface area contributed by atoms with Gasteiger partial charge in [0.2, 0.25) is 0 Å². The SMILES string of the molecule is c1cc2c3c(c1)CCOC3CNCC2. The second-order valence-electron chi connectivity index (χ2n) is 4.05. The van der Waals surface area contributed by atoms with Crippen molar-refractivity contribution in [1.29, 1.82) is 0 Å². The fourth-order valence-corrected chi connectivity index (χ4v) is 2.53. The predicted octanol–water partition coefficient (Wildman–Crippen LogP) is 1.45. The monoisotopic (exact) mass is 189 g/mol. The Morgan fingerprint density at radius 2 is 2.07 bits per heavy atom. The van der Waals surface area contributed by atoms with Gasteiger partial charge in [-0.25, -0.2) is 0 Å². The van der Waals surface area contributed by atoms with E-state index < -0.39 is 0 Å². The fourth-order valence-electron chi connectivity index (χ4n) is 2.53. The molecule has 2 aliphatic rings. The highest BCUT2D eigenvalue weighted by atomic mass is 16.5. The molecule has 2 nitrogen and oxygen atoms in total. The van der Waals surface area contributed by atoms with Gasteiger partial charge in [-0.2, -0.15) is 0 Å². The topological polar surface area (TPSA) is 21.3 Å². The summed E-state index contributed by atoms with van der Waals surface area (Å²) in [6, 6.07) is 6.68. The lowest BCUT2D eigenvalue weighted by atomic mass is 9.92. The minimum Gasteiger partial charge on any atom is -0.372 e. The summed E-state index contributed by atoms with van der Waals surface area (Å²) in [5.41, 5.74) is 4.46. The molecule has 0 amide bonds. The molecule has 3 rings (SSSR count). The zero-order chi connectivity index (χ0) is 9.38. The molecule has 1 aromatic carbocycles. The van der Waals surface area contributed by atoms with Crippen LogP contribution in [-0.2, 0) is 17.6 Å². The summed E-state index contributed by atoms with van der Waals surface area (Å²) in [4.78, 5) is 0. The maximum Gasteiger partial charge on any atom is 0.0954 e. The lowest BCUT2D eigenvalue weighted by Crippen LogP contribution is -2.25. The van der Waals surface area contributed by atoms with Gasteiger partial charge in [-0.1, -0.05) is 18.2 Å². The Balaban J connectivity index is 2.14. The Morgan fingerprint density at radius 3 is 3.00 bits per heavy atom. The van der Waals surface area contributed by atoms with Gasteiger partial charge in [0.1, 0.15) is 0 Å². The van der Waals surface area contributed by atoms with Gasteiger partial charge in [-0.05, 0) is 36.1 Å². The van der Waals surface area contributed by atoms with Crippen LogP contribution in [0.5, 0.6) is 0 Å². The van der Waals surface area contributed by atoms with Crippen LogP contribution in [0.15, 0.2) is 18.2 Å². The van der Waals surface area contributed by atoms with Crippen molar-refractivity contribution in [2.75, 3.05) is 19.7 Å². The number of ether oxygens (including phenoxy) is 1. The quantitative estimate of drug-likeness (QED) is 0.667. The zero-order valence-electron chi connectivity index (χ0n) is 8.25. The van der Waals surface area contributed by atoms with E-state index in [0.717, 1.165) is 32.5 Å². The first-order chi connectivity index (χ1) is 6.95. The Morgan fingerprint density at radius 1 is 1.21 bits per heavy atom. The summed E-state index contributed by atoms with van der Waals surface area (Å²) in [5, 5.41) is 3.43. The van der Waals surface area contributed by atoms with Crippen LogP contribution in [0.25, 0.3) is 0 Å². The zero-order valence-corrected chi connectivity index (χ0v) is 8.25. The Kier molecular flexibility index (Phi) is 2.03. The molecule has 0 fully saturated rings. The van der Waals surface area contributed by atoms with Gasteiger partial charge < -0.3 is 10.1 Å². The van der Waals surface area contributed by atoms with Gasteiger partial charge >= 0.3 is 0 Å². The standard InChI is InChI=1S/C12H15NO/c1-2-9-4-6-13-8-11-12(9)10(3-1)5-7-14-11/h1-3,11,13H,4-8H2. The highest BCUT2D eigenvalue weighted by Crippen LogP contribution is 2.31. The average molecular weight is 189 g/mol. The van der Waals surface area contributed by atoms with Crippen molar-refractivity contribution in [2.24, 2.45) is 0 Å². The summed E-state index contributed by atoms with van der Waals surface area (Å²) in [6.07, 6.45) is 2.53. The molecule has 1 unspecified atom stereocenters.